The Morgan fingerprint density at radius 2 is 1.96 bits per heavy atom. The standard InChI is InChI=1S/C19H21N5O3/c1-13-21-22-19(27-13)24-10-8-23(9-11-24)17(25)7-6-15-12-14-4-2-3-5-16(14)20-18(15)26/h2-5,12H,6-11H2,1H3,(H,20,26). The number of aromatic nitrogens is 3. The van der Waals surface area contributed by atoms with Crippen LogP contribution in [0.5, 0.6) is 0 Å². The number of aryl methyl sites for hydroxylation is 2. The van der Waals surface area contributed by atoms with E-state index in [0.717, 1.165) is 10.9 Å². The van der Waals surface area contributed by atoms with E-state index in [0.29, 0.717) is 56.5 Å². The third-order valence-electron chi connectivity index (χ3n) is 4.86. The first-order valence-electron chi connectivity index (χ1n) is 9.04. The zero-order chi connectivity index (χ0) is 18.8. The van der Waals surface area contributed by atoms with E-state index < -0.39 is 0 Å². The SMILES string of the molecule is Cc1nnc(N2CCN(C(=O)CCc3cc4ccccc4[nH]c3=O)CC2)o1. The first-order chi connectivity index (χ1) is 13.1. The van der Waals surface area contributed by atoms with Gasteiger partial charge in [0.25, 0.3) is 5.56 Å². The van der Waals surface area contributed by atoms with E-state index in [9.17, 15) is 9.59 Å². The van der Waals surface area contributed by atoms with Crippen LogP contribution in [0.3, 0.4) is 0 Å². The lowest BCUT2D eigenvalue weighted by Gasteiger charge is -2.33. The minimum atomic E-state index is -0.127. The molecule has 1 saturated heterocycles. The van der Waals surface area contributed by atoms with Crippen LogP contribution in [0.15, 0.2) is 39.5 Å². The average molecular weight is 367 g/mol. The van der Waals surface area contributed by atoms with Crippen molar-refractivity contribution in [3.8, 4) is 0 Å². The highest BCUT2D eigenvalue weighted by Gasteiger charge is 2.23. The van der Waals surface area contributed by atoms with E-state index in [4.69, 9.17) is 4.42 Å². The van der Waals surface area contributed by atoms with Crippen LogP contribution in [0.1, 0.15) is 17.9 Å². The van der Waals surface area contributed by atoms with Gasteiger partial charge in [-0.2, -0.15) is 0 Å². The summed E-state index contributed by atoms with van der Waals surface area (Å²) in [5.74, 6) is 0.591. The molecule has 8 nitrogen and oxygen atoms in total. The van der Waals surface area contributed by atoms with Gasteiger partial charge < -0.3 is 19.2 Å². The molecule has 1 fully saturated rings. The quantitative estimate of drug-likeness (QED) is 0.751. The van der Waals surface area contributed by atoms with Crippen molar-refractivity contribution in [1.29, 1.82) is 0 Å². The highest BCUT2D eigenvalue weighted by atomic mass is 16.4. The van der Waals surface area contributed by atoms with Crippen LogP contribution < -0.4 is 10.5 Å². The highest BCUT2D eigenvalue weighted by Crippen LogP contribution is 2.15. The summed E-state index contributed by atoms with van der Waals surface area (Å²) in [6, 6.07) is 10.0. The van der Waals surface area contributed by atoms with Gasteiger partial charge in [-0.3, -0.25) is 9.59 Å². The number of carbonyl (C=O) groups excluding carboxylic acids is 1. The fraction of sp³-hybridized carbons (Fsp3) is 0.368. The largest absolute Gasteiger partial charge is 0.408 e. The fourth-order valence-corrected chi connectivity index (χ4v) is 3.34. The van der Waals surface area contributed by atoms with Gasteiger partial charge in [-0.05, 0) is 23.9 Å². The Labute approximate surface area is 155 Å². The van der Waals surface area contributed by atoms with Crippen LogP contribution >= 0.6 is 0 Å². The van der Waals surface area contributed by atoms with Gasteiger partial charge in [0.2, 0.25) is 11.8 Å². The second-order valence-electron chi connectivity index (χ2n) is 6.68. The van der Waals surface area contributed by atoms with Gasteiger partial charge in [0.05, 0.1) is 0 Å². The molecule has 3 aromatic rings. The van der Waals surface area contributed by atoms with Gasteiger partial charge in [0.1, 0.15) is 0 Å². The van der Waals surface area contributed by atoms with Gasteiger partial charge in [-0.1, -0.05) is 23.3 Å². The molecule has 0 radical (unpaired) electrons. The van der Waals surface area contributed by atoms with E-state index >= 15 is 0 Å². The van der Waals surface area contributed by atoms with Crippen LogP contribution in [0.4, 0.5) is 6.01 Å². The minimum absolute atomic E-state index is 0.0592. The molecule has 0 atom stereocenters. The topological polar surface area (TPSA) is 95.3 Å². The van der Waals surface area contributed by atoms with Gasteiger partial charge in [-0.15, -0.1) is 5.10 Å². The molecule has 3 heterocycles. The summed E-state index contributed by atoms with van der Waals surface area (Å²) >= 11 is 0. The Morgan fingerprint density at radius 1 is 1.19 bits per heavy atom. The molecule has 0 unspecified atom stereocenters. The molecule has 1 amide bonds. The summed E-state index contributed by atoms with van der Waals surface area (Å²) in [5, 5.41) is 8.83. The van der Waals surface area contributed by atoms with Crippen LogP contribution in [-0.2, 0) is 11.2 Å². The molecule has 1 aromatic carbocycles. The fourth-order valence-electron chi connectivity index (χ4n) is 3.34. The van der Waals surface area contributed by atoms with E-state index in [1.165, 1.54) is 0 Å². The van der Waals surface area contributed by atoms with Crippen molar-refractivity contribution < 1.29 is 9.21 Å². The van der Waals surface area contributed by atoms with Crippen LogP contribution in [0.2, 0.25) is 0 Å². The van der Waals surface area contributed by atoms with Crippen molar-refractivity contribution >= 4 is 22.8 Å². The van der Waals surface area contributed by atoms with Crippen molar-refractivity contribution in [3.05, 3.63) is 52.1 Å². The van der Waals surface area contributed by atoms with Crippen LogP contribution in [0, 0.1) is 6.92 Å². The molecular formula is C19H21N5O3. The van der Waals surface area contributed by atoms with Crippen molar-refractivity contribution in [2.45, 2.75) is 19.8 Å². The number of piperazine rings is 1. The Hall–Kier alpha value is -3.16. The van der Waals surface area contributed by atoms with E-state index in [2.05, 4.69) is 15.2 Å². The maximum atomic E-state index is 12.5. The van der Waals surface area contributed by atoms with Crippen molar-refractivity contribution in [2.24, 2.45) is 0 Å². The van der Waals surface area contributed by atoms with Gasteiger partial charge in [0.15, 0.2) is 0 Å². The number of rotatable bonds is 4. The number of anilines is 1. The lowest BCUT2D eigenvalue weighted by molar-refractivity contribution is -0.131. The summed E-state index contributed by atoms with van der Waals surface area (Å²) in [7, 11) is 0. The molecule has 1 aliphatic rings. The number of benzene rings is 1. The summed E-state index contributed by atoms with van der Waals surface area (Å²) < 4.78 is 5.43. The highest BCUT2D eigenvalue weighted by molar-refractivity contribution is 5.79. The number of para-hydroxylation sites is 1. The molecular weight excluding hydrogens is 346 g/mol. The summed E-state index contributed by atoms with van der Waals surface area (Å²) in [6.45, 7) is 4.28. The molecule has 140 valence electrons. The van der Waals surface area contributed by atoms with Crippen LogP contribution in [-0.4, -0.2) is 52.2 Å². The number of aromatic amines is 1. The number of hydrogen-bond acceptors (Lipinski definition) is 6. The van der Waals surface area contributed by atoms with Gasteiger partial charge in [0, 0.05) is 50.6 Å². The van der Waals surface area contributed by atoms with Crippen LogP contribution in [0.25, 0.3) is 10.9 Å². The first-order valence-corrected chi connectivity index (χ1v) is 9.04. The normalized spacial score (nSPS) is 14.7. The monoisotopic (exact) mass is 367 g/mol. The zero-order valence-electron chi connectivity index (χ0n) is 15.1. The molecule has 0 saturated carbocycles. The van der Waals surface area contributed by atoms with Gasteiger partial charge in [-0.25, -0.2) is 0 Å². The van der Waals surface area contributed by atoms with Crippen molar-refractivity contribution in [1.82, 2.24) is 20.1 Å². The number of carbonyl (C=O) groups is 1. The maximum Gasteiger partial charge on any atom is 0.318 e. The number of pyridine rings is 1. The molecule has 4 rings (SSSR count). The predicted octanol–water partition coefficient (Wildman–Crippen LogP) is 1.50. The Bertz CT molecular complexity index is 1020. The number of H-pyrrole nitrogens is 1. The number of hydrogen-bond donors (Lipinski definition) is 1. The summed E-state index contributed by atoms with van der Waals surface area (Å²) in [4.78, 5) is 31.4. The average Bonchev–Trinajstić information content (AvgIpc) is 3.12. The second-order valence-corrected chi connectivity index (χ2v) is 6.68. The Kier molecular flexibility index (Phi) is 4.62. The van der Waals surface area contributed by atoms with E-state index in [-0.39, 0.29) is 11.5 Å². The molecule has 27 heavy (non-hydrogen) atoms. The Morgan fingerprint density at radius 3 is 2.70 bits per heavy atom. The van der Waals surface area contributed by atoms with E-state index in [1.807, 2.05) is 40.1 Å². The molecule has 2 aromatic heterocycles. The smallest absolute Gasteiger partial charge is 0.318 e. The number of fused-ring (bicyclic) bond motifs is 1. The number of nitrogens with zero attached hydrogens (tertiary/aromatic N) is 4. The lowest BCUT2D eigenvalue weighted by Crippen LogP contribution is -2.49. The minimum Gasteiger partial charge on any atom is -0.408 e. The Balaban J connectivity index is 1.35. The van der Waals surface area contributed by atoms with Crippen molar-refractivity contribution in [3.63, 3.8) is 0 Å². The lowest BCUT2D eigenvalue weighted by atomic mass is 10.1. The number of amides is 1. The predicted molar refractivity (Wildman–Crippen MR) is 101 cm³/mol. The second kappa shape index (κ2) is 7.22. The molecule has 1 N–H and O–H groups in total. The maximum absolute atomic E-state index is 12.5. The molecule has 0 aliphatic carbocycles. The first kappa shape index (κ1) is 17.3. The summed E-state index contributed by atoms with van der Waals surface area (Å²) in [6.07, 6.45) is 0.753. The van der Waals surface area contributed by atoms with Crippen molar-refractivity contribution in [2.75, 3.05) is 31.1 Å². The van der Waals surface area contributed by atoms with E-state index in [1.54, 1.807) is 6.92 Å². The number of nitrogens with one attached hydrogen (secondary N) is 1. The molecule has 8 heteroatoms. The molecule has 0 spiro atoms. The third kappa shape index (κ3) is 3.69. The zero-order valence-corrected chi connectivity index (χ0v) is 15.1. The van der Waals surface area contributed by atoms with Gasteiger partial charge >= 0.3 is 6.01 Å². The molecule has 0 bridgehead atoms. The summed E-state index contributed by atoms with van der Waals surface area (Å²) in [5.41, 5.74) is 1.32. The molecule has 1 aliphatic heterocycles. The third-order valence-corrected chi connectivity index (χ3v) is 4.86.